The molecular weight excluding hydrogens is 288 g/mol. The average Bonchev–Trinajstić information content (AvgIpc) is 2.47. The van der Waals surface area contributed by atoms with Crippen LogP contribution in [-0.4, -0.2) is 31.1 Å². The first kappa shape index (κ1) is 17.4. The maximum atomic E-state index is 11.7. The molecule has 0 bridgehead atoms. The molecule has 1 atom stereocenters. The fourth-order valence-electron chi connectivity index (χ4n) is 1.45. The van der Waals surface area contributed by atoms with Gasteiger partial charge in [-0.25, -0.2) is 9.59 Å². The van der Waals surface area contributed by atoms with Gasteiger partial charge in [-0.1, -0.05) is 18.7 Å². The van der Waals surface area contributed by atoms with Crippen LogP contribution in [0.1, 0.15) is 19.4 Å². The minimum Gasteiger partial charge on any atom is -0.497 e. The predicted molar refractivity (Wildman–Crippen MR) is 78.2 cm³/mol. The third kappa shape index (κ3) is 5.40. The lowest BCUT2D eigenvalue weighted by atomic mass is 10.1. The summed E-state index contributed by atoms with van der Waals surface area (Å²) in [7, 11) is 1.54. The highest BCUT2D eigenvalue weighted by Gasteiger charge is 2.22. The summed E-state index contributed by atoms with van der Waals surface area (Å²) in [5.74, 6) is -1.71. The van der Waals surface area contributed by atoms with Gasteiger partial charge in [0.1, 0.15) is 5.75 Å². The minimum atomic E-state index is -1.18. The number of rotatable bonds is 6. The molecule has 0 heterocycles. The van der Waals surface area contributed by atoms with E-state index in [1.807, 2.05) is 0 Å². The Kier molecular flexibility index (Phi) is 6.31. The van der Waals surface area contributed by atoms with Crippen molar-refractivity contribution in [3.63, 3.8) is 0 Å². The van der Waals surface area contributed by atoms with Crippen molar-refractivity contribution < 1.29 is 28.6 Å². The zero-order chi connectivity index (χ0) is 16.7. The van der Waals surface area contributed by atoms with Crippen molar-refractivity contribution in [1.82, 2.24) is 0 Å². The Bertz CT molecular complexity index is 573. The van der Waals surface area contributed by atoms with Crippen LogP contribution in [0.2, 0.25) is 0 Å². The molecule has 6 heteroatoms. The van der Waals surface area contributed by atoms with Gasteiger partial charge in [0.2, 0.25) is 0 Å². The van der Waals surface area contributed by atoms with E-state index in [1.165, 1.54) is 21.0 Å². The summed E-state index contributed by atoms with van der Waals surface area (Å²) in [6, 6.07) is 6.77. The molecule has 1 aromatic rings. The summed E-state index contributed by atoms with van der Waals surface area (Å²) in [4.78, 5) is 34.6. The second-order valence-electron chi connectivity index (χ2n) is 4.65. The number of esters is 3. The summed E-state index contributed by atoms with van der Waals surface area (Å²) < 4.78 is 14.4. The van der Waals surface area contributed by atoms with Crippen LogP contribution in [0.5, 0.6) is 5.75 Å². The molecule has 0 N–H and O–H groups in total. The summed E-state index contributed by atoms with van der Waals surface area (Å²) >= 11 is 0. The monoisotopic (exact) mass is 306 g/mol. The molecule has 0 aliphatic carbocycles. The van der Waals surface area contributed by atoms with E-state index in [0.29, 0.717) is 11.3 Å². The first-order valence-electron chi connectivity index (χ1n) is 6.57. The lowest BCUT2D eigenvalue weighted by Crippen LogP contribution is -2.29. The van der Waals surface area contributed by atoms with Crippen molar-refractivity contribution in [3.05, 3.63) is 42.0 Å². The molecular formula is C16H18O6. The lowest BCUT2D eigenvalue weighted by molar-refractivity contribution is -0.171. The molecule has 0 spiro atoms. The van der Waals surface area contributed by atoms with Gasteiger partial charge in [-0.05, 0) is 31.5 Å². The number of hydrogen-bond acceptors (Lipinski definition) is 6. The van der Waals surface area contributed by atoms with E-state index in [4.69, 9.17) is 9.47 Å². The molecule has 0 amide bonds. The molecule has 0 aliphatic heterocycles. The fraction of sp³-hybridized carbons (Fsp3) is 0.312. The van der Waals surface area contributed by atoms with E-state index < -0.39 is 24.0 Å². The van der Waals surface area contributed by atoms with Crippen LogP contribution in [0.4, 0.5) is 0 Å². The van der Waals surface area contributed by atoms with Gasteiger partial charge in [-0.2, -0.15) is 0 Å². The number of benzene rings is 1. The van der Waals surface area contributed by atoms with Crippen LogP contribution in [-0.2, 0) is 30.3 Å². The van der Waals surface area contributed by atoms with Gasteiger partial charge in [0, 0.05) is 5.57 Å². The molecule has 118 valence electrons. The predicted octanol–water partition coefficient (Wildman–Crippen LogP) is 1.82. The minimum absolute atomic E-state index is 0.0725. The van der Waals surface area contributed by atoms with E-state index in [2.05, 4.69) is 11.3 Å². The van der Waals surface area contributed by atoms with Crippen LogP contribution >= 0.6 is 0 Å². The van der Waals surface area contributed by atoms with Crippen LogP contribution in [0.15, 0.2) is 36.4 Å². The van der Waals surface area contributed by atoms with E-state index in [-0.39, 0.29) is 12.0 Å². The van der Waals surface area contributed by atoms with Gasteiger partial charge in [0.15, 0.2) is 6.10 Å². The average molecular weight is 306 g/mol. The fourth-order valence-corrected chi connectivity index (χ4v) is 1.45. The van der Waals surface area contributed by atoms with Crippen molar-refractivity contribution >= 4 is 17.9 Å². The maximum Gasteiger partial charge on any atom is 0.354 e. The van der Waals surface area contributed by atoms with Gasteiger partial charge in [-0.3, -0.25) is 4.79 Å². The summed E-state index contributed by atoms with van der Waals surface area (Å²) in [6.07, 6.45) is -1.25. The molecule has 0 aliphatic rings. The highest BCUT2D eigenvalue weighted by molar-refractivity contribution is 5.92. The van der Waals surface area contributed by atoms with E-state index in [1.54, 1.807) is 24.3 Å². The van der Waals surface area contributed by atoms with Gasteiger partial charge < -0.3 is 14.2 Å². The third-order valence-electron chi connectivity index (χ3n) is 2.69. The van der Waals surface area contributed by atoms with Gasteiger partial charge in [0.25, 0.3) is 0 Å². The van der Waals surface area contributed by atoms with Crippen LogP contribution in [0, 0.1) is 0 Å². The molecule has 0 saturated carbocycles. The van der Waals surface area contributed by atoms with Crippen molar-refractivity contribution in [2.75, 3.05) is 7.11 Å². The summed E-state index contributed by atoms with van der Waals surface area (Å²) in [6.45, 7) is 6.17. The van der Waals surface area contributed by atoms with Crippen molar-refractivity contribution in [2.24, 2.45) is 0 Å². The SMILES string of the molecule is C=C(C)C(=O)OC(C)C(=O)OC(=O)Cc1ccc(OC)cc1. The number of hydrogen-bond donors (Lipinski definition) is 0. The maximum absolute atomic E-state index is 11.7. The number of methoxy groups -OCH3 is 1. The summed E-state index contributed by atoms with van der Waals surface area (Å²) in [5, 5.41) is 0. The number of carbonyl (C=O) groups excluding carboxylic acids is 3. The van der Waals surface area contributed by atoms with Crippen molar-refractivity contribution in [3.8, 4) is 5.75 Å². The molecule has 1 rings (SSSR count). The Hall–Kier alpha value is -2.63. The Morgan fingerprint density at radius 1 is 1.18 bits per heavy atom. The van der Waals surface area contributed by atoms with E-state index in [9.17, 15) is 14.4 Å². The quantitative estimate of drug-likeness (QED) is 0.453. The molecule has 1 aromatic carbocycles. The summed E-state index contributed by atoms with van der Waals surface area (Å²) in [5.41, 5.74) is 0.828. The molecule has 6 nitrogen and oxygen atoms in total. The second kappa shape index (κ2) is 7.97. The van der Waals surface area contributed by atoms with Gasteiger partial charge in [-0.15, -0.1) is 0 Å². The largest absolute Gasteiger partial charge is 0.497 e. The first-order chi connectivity index (χ1) is 10.3. The van der Waals surface area contributed by atoms with E-state index in [0.717, 1.165) is 0 Å². The van der Waals surface area contributed by atoms with Crippen LogP contribution in [0.3, 0.4) is 0 Å². The standard InChI is InChI=1S/C16H18O6/c1-10(2)15(18)21-11(3)16(19)22-14(17)9-12-5-7-13(20-4)8-6-12/h5-8,11H,1,9H2,2-4H3. The second-order valence-corrected chi connectivity index (χ2v) is 4.65. The third-order valence-corrected chi connectivity index (χ3v) is 2.69. The Morgan fingerprint density at radius 2 is 1.77 bits per heavy atom. The normalized spacial score (nSPS) is 11.2. The van der Waals surface area contributed by atoms with Crippen molar-refractivity contribution in [2.45, 2.75) is 26.4 Å². The van der Waals surface area contributed by atoms with Gasteiger partial charge in [0.05, 0.1) is 13.5 Å². The molecule has 0 fully saturated rings. The lowest BCUT2D eigenvalue weighted by Gasteiger charge is -2.11. The number of ether oxygens (including phenoxy) is 3. The number of carbonyl (C=O) groups is 3. The molecule has 0 aromatic heterocycles. The molecule has 1 unspecified atom stereocenters. The Balaban J connectivity index is 2.51. The Labute approximate surface area is 128 Å². The smallest absolute Gasteiger partial charge is 0.354 e. The Morgan fingerprint density at radius 3 is 2.27 bits per heavy atom. The highest BCUT2D eigenvalue weighted by atomic mass is 16.6. The molecule has 0 saturated heterocycles. The highest BCUT2D eigenvalue weighted by Crippen LogP contribution is 2.12. The molecule has 0 radical (unpaired) electrons. The van der Waals surface area contributed by atoms with Crippen LogP contribution in [0.25, 0.3) is 0 Å². The first-order valence-corrected chi connectivity index (χ1v) is 6.57. The zero-order valence-electron chi connectivity index (χ0n) is 12.8. The topological polar surface area (TPSA) is 78.9 Å². The van der Waals surface area contributed by atoms with E-state index >= 15 is 0 Å². The zero-order valence-corrected chi connectivity index (χ0v) is 12.8. The van der Waals surface area contributed by atoms with Crippen LogP contribution < -0.4 is 4.74 Å². The van der Waals surface area contributed by atoms with Gasteiger partial charge >= 0.3 is 17.9 Å². The molecule has 22 heavy (non-hydrogen) atoms. The van der Waals surface area contributed by atoms with Crippen molar-refractivity contribution in [1.29, 1.82) is 0 Å².